The molecular formula is C25H27N3O4S. The van der Waals surface area contributed by atoms with E-state index in [2.05, 4.69) is 4.72 Å². The first-order chi connectivity index (χ1) is 15.7. The number of fused-ring (bicyclic) bond motifs is 1. The molecule has 0 radical (unpaired) electrons. The molecule has 0 bridgehead atoms. The van der Waals surface area contributed by atoms with Gasteiger partial charge in [-0.15, -0.1) is 0 Å². The molecule has 1 heterocycles. The molecule has 0 spiro atoms. The minimum atomic E-state index is -3.75. The summed E-state index contributed by atoms with van der Waals surface area (Å²) in [5.41, 5.74) is 3.82. The second-order valence-corrected chi connectivity index (χ2v) is 9.82. The molecule has 7 nitrogen and oxygen atoms in total. The zero-order chi connectivity index (χ0) is 23.8. The van der Waals surface area contributed by atoms with E-state index in [1.54, 1.807) is 61.5 Å². The van der Waals surface area contributed by atoms with E-state index >= 15 is 0 Å². The lowest BCUT2D eigenvalue weighted by Gasteiger charge is -2.40. The number of benzene rings is 3. The lowest BCUT2D eigenvalue weighted by molar-refractivity contribution is -0.119. The highest BCUT2D eigenvalue weighted by atomic mass is 32.2. The topological polar surface area (TPSA) is 79.0 Å². The van der Waals surface area contributed by atoms with Crippen LogP contribution in [0.1, 0.15) is 18.1 Å². The Morgan fingerprint density at radius 1 is 1.00 bits per heavy atom. The molecule has 1 N–H and O–H groups in total. The zero-order valence-electron chi connectivity index (χ0n) is 19.1. The molecule has 1 aliphatic heterocycles. The third-order valence-electron chi connectivity index (χ3n) is 5.92. The molecule has 3 aromatic rings. The largest absolute Gasteiger partial charge is 0.496 e. The maximum absolute atomic E-state index is 12.9. The number of hydrogen-bond acceptors (Lipinski definition) is 5. The van der Waals surface area contributed by atoms with Gasteiger partial charge in [0.1, 0.15) is 11.8 Å². The number of sulfonamides is 1. The number of anilines is 3. The van der Waals surface area contributed by atoms with Gasteiger partial charge in [-0.05, 0) is 50.2 Å². The summed E-state index contributed by atoms with van der Waals surface area (Å²) in [6.07, 6.45) is 0. The Hall–Kier alpha value is -3.52. The van der Waals surface area contributed by atoms with E-state index in [1.807, 2.05) is 43.0 Å². The van der Waals surface area contributed by atoms with Crippen LogP contribution in [0, 0.1) is 6.92 Å². The third-order valence-corrected chi connectivity index (χ3v) is 7.32. The van der Waals surface area contributed by atoms with Crippen molar-refractivity contribution in [2.75, 3.05) is 28.7 Å². The van der Waals surface area contributed by atoms with Crippen LogP contribution < -0.4 is 19.3 Å². The molecule has 1 amide bonds. The molecular weight excluding hydrogens is 438 g/mol. The van der Waals surface area contributed by atoms with Crippen molar-refractivity contribution in [1.82, 2.24) is 0 Å². The third kappa shape index (κ3) is 4.39. The van der Waals surface area contributed by atoms with Crippen LogP contribution in [0.25, 0.3) is 0 Å². The van der Waals surface area contributed by atoms with Crippen LogP contribution in [-0.2, 0) is 21.4 Å². The van der Waals surface area contributed by atoms with Crippen LogP contribution in [0.5, 0.6) is 5.75 Å². The second-order valence-electron chi connectivity index (χ2n) is 8.14. The van der Waals surface area contributed by atoms with E-state index in [0.717, 1.165) is 22.6 Å². The Bertz CT molecular complexity index is 1290. The standard InChI is InChI=1S/C25H27N3O4S/c1-17-9-12-21(13-10-17)33(30,31)26-20-11-14-22-23(15-20)28(18(2)25(29)27(22)3)16-19-7-5-6-8-24(19)32-4/h5-15,18,26H,16H2,1-4H3. The molecule has 0 saturated heterocycles. The number of nitrogens with one attached hydrogen (secondary N) is 1. The van der Waals surface area contributed by atoms with Gasteiger partial charge in [0.15, 0.2) is 0 Å². The second kappa shape index (κ2) is 8.78. The summed E-state index contributed by atoms with van der Waals surface area (Å²) in [5.74, 6) is 0.694. The fraction of sp³-hybridized carbons (Fsp3) is 0.240. The highest BCUT2D eigenvalue weighted by Crippen LogP contribution is 2.39. The van der Waals surface area contributed by atoms with Crippen molar-refractivity contribution in [2.45, 2.75) is 31.3 Å². The number of likely N-dealkylation sites (N-methyl/N-ethyl adjacent to an activating group) is 1. The van der Waals surface area contributed by atoms with Gasteiger partial charge in [-0.1, -0.05) is 35.9 Å². The first-order valence-corrected chi connectivity index (χ1v) is 12.1. The van der Waals surface area contributed by atoms with Gasteiger partial charge in [0.25, 0.3) is 10.0 Å². The molecule has 0 aromatic heterocycles. The summed E-state index contributed by atoms with van der Waals surface area (Å²) in [4.78, 5) is 16.7. The molecule has 172 valence electrons. The van der Waals surface area contributed by atoms with Crippen molar-refractivity contribution in [3.05, 3.63) is 77.9 Å². The first kappa shape index (κ1) is 22.7. The quantitative estimate of drug-likeness (QED) is 0.591. The van der Waals surface area contributed by atoms with Gasteiger partial charge in [-0.2, -0.15) is 0 Å². The monoisotopic (exact) mass is 465 g/mol. The van der Waals surface area contributed by atoms with Crippen LogP contribution in [0.3, 0.4) is 0 Å². The summed E-state index contributed by atoms with van der Waals surface area (Å²) >= 11 is 0. The maximum Gasteiger partial charge on any atom is 0.261 e. The van der Waals surface area contributed by atoms with Gasteiger partial charge in [0.2, 0.25) is 5.91 Å². The van der Waals surface area contributed by atoms with E-state index in [9.17, 15) is 13.2 Å². The highest BCUT2D eigenvalue weighted by Gasteiger charge is 2.34. The van der Waals surface area contributed by atoms with Gasteiger partial charge in [-0.3, -0.25) is 9.52 Å². The molecule has 0 saturated carbocycles. The van der Waals surface area contributed by atoms with Crippen LogP contribution in [0.4, 0.5) is 17.1 Å². The van der Waals surface area contributed by atoms with E-state index in [-0.39, 0.29) is 10.8 Å². The number of amides is 1. The van der Waals surface area contributed by atoms with Gasteiger partial charge >= 0.3 is 0 Å². The number of rotatable bonds is 6. The number of methoxy groups -OCH3 is 1. The van der Waals surface area contributed by atoms with Crippen molar-refractivity contribution in [2.24, 2.45) is 0 Å². The number of para-hydroxylation sites is 1. The predicted molar refractivity (Wildman–Crippen MR) is 130 cm³/mol. The van der Waals surface area contributed by atoms with Crippen LogP contribution >= 0.6 is 0 Å². The molecule has 0 aliphatic carbocycles. The average molecular weight is 466 g/mol. The highest BCUT2D eigenvalue weighted by molar-refractivity contribution is 7.92. The first-order valence-electron chi connectivity index (χ1n) is 10.6. The van der Waals surface area contributed by atoms with Crippen molar-refractivity contribution in [3.63, 3.8) is 0 Å². The van der Waals surface area contributed by atoms with E-state index < -0.39 is 16.1 Å². The Balaban J connectivity index is 1.72. The molecule has 1 unspecified atom stereocenters. The summed E-state index contributed by atoms with van der Waals surface area (Å²) in [7, 11) is -0.406. The van der Waals surface area contributed by atoms with Gasteiger partial charge < -0.3 is 14.5 Å². The normalized spacial score (nSPS) is 15.9. The van der Waals surface area contributed by atoms with Crippen molar-refractivity contribution >= 4 is 33.0 Å². The Labute approximate surface area is 194 Å². The van der Waals surface area contributed by atoms with Crippen molar-refractivity contribution < 1.29 is 17.9 Å². The molecule has 33 heavy (non-hydrogen) atoms. The lowest BCUT2D eigenvalue weighted by atomic mass is 10.0. The summed E-state index contributed by atoms with van der Waals surface area (Å²) in [6, 6.07) is 19.1. The number of ether oxygens (including phenoxy) is 1. The van der Waals surface area contributed by atoms with Gasteiger partial charge in [0.05, 0.1) is 29.1 Å². The fourth-order valence-corrected chi connectivity index (χ4v) is 5.06. The SMILES string of the molecule is COc1ccccc1CN1c2cc(NS(=O)(=O)c3ccc(C)cc3)ccc2N(C)C(=O)C1C. The van der Waals surface area contributed by atoms with Crippen LogP contribution in [-0.4, -0.2) is 34.5 Å². The summed E-state index contributed by atoms with van der Waals surface area (Å²) < 4.78 is 34.0. The van der Waals surface area contributed by atoms with Crippen LogP contribution in [0.2, 0.25) is 0 Å². The molecule has 3 aromatic carbocycles. The maximum atomic E-state index is 12.9. The lowest BCUT2D eigenvalue weighted by Crippen LogP contribution is -2.50. The Morgan fingerprint density at radius 3 is 2.39 bits per heavy atom. The minimum Gasteiger partial charge on any atom is -0.496 e. The minimum absolute atomic E-state index is 0.0367. The van der Waals surface area contributed by atoms with Gasteiger partial charge in [-0.25, -0.2) is 8.42 Å². The number of aryl methyl sites for hydroxylation is 1. The number of nitrogens with zero attached hydrogens (tertiary/aromatic N) is 2. The number of hydrogen-bond donors (Lipinski definition) is 1. The predicted octanol–water partition coefficient (Wildman–Crippen LogP) is 4.18. The fourth-order valence-electron chi connectivity index (χ4n) is 4.01. The number of carbonyl (C=O) groups excluding carboxylic acids is 1. The van der Waals surface area contributed by atoms with Gasteiger partial charge in [0, 0.05) is 19.2 Å². The van der Waals surface area contributed by atoms with E-state index in [4.69, 9.17) is 4.74 Å². The van der Waals surface area contributed by atoms with Crippen LogP contribution in [0.15, 0.2) is 71.6 Å². The Kier molecular flexibility index (Phi) is 6.03. The molecule has 1 atom stereocenters. The van der Waals surface area contributed by atoms with Crippen molar-refractivity contribution in [1.29, 1.82) is 0 Å². The summed E-state index contributed by atoms with van der Waals surface area (Å²) in [6.45, 7) is 4.19. The Morgan fingerprint density at radius 2 is 1.70 bits per heavy atom. The average Bonchev–Trinajstić information content (AvgIpc) is 2.80. The van der Waals surface area contributed by atoms with E-state index in [0.29, 0.717) is 17.9 Å². The van der Waals surface area contributed by atoms with E-state index in [1.165, 1.54) is 0 Å². The summed E-state index contributed by atoms with van der Waals surface area (Å²) in [5, 5.41) is 0. The molecule has 0 fully saturated rings. The smallest absolute Gasteiger partial charge is 0.261 e. The molecule has 8 heteroatoms. The molecule has 4 rings (SSSR count). The zero-order valence-corrected chi connectivity index (χ0v) is 19.9. The number of carbonyl (C=O) groups is 1. The van der Waals surface area contributed by atoms with Crippen molar-refractivity contribution in [3.8, 4) is 5.75 Å². The molecule has 1 aliphatic rings.